The number of phenolic OH excluding ortho intramolecular Hbond substituents is 1. The lowest BCUT2D eigenvalue weighted by Gasteiger charge is -2.07. The Morgan fingerprint density at radius 3 is 2.77 bits per heavy atom. The summed E-state index contributed by atoms with van der Waals surface area (Å²) in [7, 11) is 1.46. The predicted molar refractivity (Wildman–Crippen MR) is 102 cm³/mol. The third kappa shape index (κ3) is 6.13. The van der Waals surface area contributed by atoms with Crippen molar-refractivity contribution in [3.05, 3.63) is 52.0 Å². The van der Waals surface area contributed by atoms with Crippen LogP contribution in [0, 0.1) is 0 Å². The van der Waals surface area contributed by atoms with E-state index in [1.807, 2.05) is 0 Å². The van der Waals surface area contributed by atoms with E-state index in [0.29, 0.717) is 40.1 Å². The molecule has 1 amide bonds. The summed E-state index contributed by atoms with van der Waals surface area (Å²) in [5, 5.41) is 14.3. The van der Waals surface area contributed by atoms with Gasteiger partial charge in [0, 0.05) is 11.4 Å². The number of rotatable bonds is 8. The number of aromatic hydroxyl groups is 1. The van der Waals surface area contributed by atoms with Crippen LogP contribution < -0.4 is 14.9 Å². The van der Waals surface area contributed by atoms with Crippen molar-refractivity contribution in [1.29, 1.82) is 0 Å². The van der Waals surface area contributed by atoms with Crippen LogP contribution >= 0.6 is 23.2 Å². The number of benzene rings is 2. The molecule has 0 spiro atoms. The zero-order valence-electron chi connectivity index (χ0n) is 14.0. The van der Waals surface area contributed by atoms with E-state index in [9.17, 15) is 9.90 Å². The summed E-state index contributed by atoms with van der Waals surface area (Å²) < 4.78 is 10.5. The fourth-order valence-electron chi connectivity index (χ4n) is 2.02. The molecule has 0 aliphatic carbocycles. The summed E-state index contributed by atoms with van der Waals surface area (Å²) >= 11 is 11.8. The maximum absolute atomic E-state index is 11.7. The zero-order valence-corrected chi connectivity index (χ0v) is 15.5. The van der Waals surface area contributed by atoms with Gasteiger partial charge in [-0.15, -0.1) is 0 Å². The first kappa shape index (κ1) is 19.9. The first-order valence-corrected chi connectivity index (χ1v) is 8.52. The number of hydrogen-bond acceptors (Lipinski definition) is 5. The van der Waals surface area contributed by atoms with Crippen LogP contribution in [-0.2, 0) is 4.79 Å². The Hall–Kier alpha value is -2.44. The molecule has 6 nitrogen and oxygen atoms in total. The summed E-state index contributed by atoms with van der Waals surface area (Å²) in [5.74, 6) is 0.654. The molecule has 0 aliphatic heterocycles. The monoisotopic (exact) mass is 396 g/mol. The van der Waals surface area contributed by atoms with Gasteiger partial charge in [-0.1, -0.05) is 23.2 Å². The molecule has 2 N–H and O–H groups in total. The van der Waals surface area contributed by atoms with E-state index in [4.69, 9.17) is 32.7 Å². The third-order valence-electron chi connectivity index (χ3n) is 3.31. The molecule has 0 heterocycles. The molecule has 0 atom stereocenters. The number of nitrogens with zero attached hydrogens (tertiary/aromatic N) is 1. The van der Waals surface area contributed by atoms with Gasteiger partial charge in [0.25, 0.3) is 0 Å². The fourth-order valence-corrected chi connectivity index (χ4v) is 2.48. The molecule has 2 rings (SSSR count). The Morgan fingerprint density at radius 1 is 1.23 bits per heavy atom. The highest BCUT2D eigenvalue weighted by Gasteiger charge is 2.04. The highest BCUT2D eigenvalue weighted by atomic mass is 35.5. The smallest absolute Gasteiger partial charge is 0.240 e. The Morgan fingerprint density at radius 2 is 2.04 bits per heavy atom. The molecule has 0 radical (unpaired) electrons. The summed E-state index contributed by atoms with van der Waals surface area (Å²) in [6.07, 6.45) is 2.22. The van der Waals surface area contributed by atoms with Crippen molar-refractivity contribution >= 4 is 35.3 Å². The molecule has 2 aromatic rings. The predicted octanol–water partition coefficient (Wildman–Crippen LogP) is 4.02. The molecule has 0 saturated heterocycles. The number of hydrazone groups is 1. The largest absolute Gasteiger partial charge is 0.504 e. The number of carbonyl (C=O) groups is 1. The highest BCUT2D eigenvalue weighted by molar-refractivity contribution is 6.35. The van der Waals surface area contributed by atoms with E-state index in [1.165, 1.54) is 19.4 Å². The third-order valence-corrected chi connectivity index (χ3v) is 3.84. The van der Waals surface area contributed by atoms with Gasteiger partial charge in [0.2, 0.25) is 5.91 Å². The van der Waals surface area contributed by atoms with Crippen LogP contribution in [0.25, 0.3) is 0 Å². The van der Waals surface area contributed by atoms with Crippen LogP contribution in [0.4, 0.5) is 0 Å². The minimum atomic E-state index is -0.238. The normalized spacial score (nSPS) is 10.7. The average molecular weight is 397 g/mol. The number of hydrogen-bond donors (Lipinski definition) is 2. The van der Waals surface area contributed by atoms with Crippen molar-refractivity contribution in [1.82, 2.24) is 5.43 Å². The van der Waals surface area contributed by atoms with Gasteiger partial charge in [0.05, 0.1) is 25.0 Å². The molecule has 0 aromatic heterocycles. The quantitative estimate of drug-likeness (QED) is 0.401. The molecule has 0 saturated carbocycles. The minimum absolute atomic E-state index is 0.0366. The van der Waals surface area contributed by atoms with Gasteiger partial charge in [-0.05, 0) is 48.4 Å². The first-order valence-electron chi connectivity index (χ1n) is 7.76. The first-order chi connectivity index (χ1) is 12.5. The van der Waals surface area contributed by atoms with Crippen molar-refractivity contribution in [2.45, 2.75) is 12.8 Å². The van der Waals surface area contributed by atoms with Crippen molar-refractivity contribution in [2.24, 2.45) is 5.10 Å². The summed E-state index contributed by atoms with van der Waals surface area (Å²) in [6.45, 7) is 0.341. The Bertz CT molecular complexity index is 797. The number of nitrogens with one attached hydrogen (secondary N) is 1. The maximum Gasteiger partial charge on any atom is 0.240 e. The van der Waals surface area contributed by atoms with Crippen LogP contribution in [0.5, 0.6) is 17.2 Å². The Balaban J connectivity index is 1.72. The van der Waals surface area contributed by atoms with Crippen molar-refractivity contribution in [3.63, 3.8) is 0 Å². The number of carbonyl (C=O) groups excluding carboxylic acids is 1. The van der Waals surface area contributed by atoms with E-state index in [-0.39, 0.29) is 18.1 Å². The Labute approximate surface area is 161 Å². The summed E-state index contributed by atoms with van der Waals surface area (Å²) in [5.41, 5.74) is 3.11. The molecule has 0 aliphatic rings. The van der Waals surface area contributed by atoms with Crippen molar-refractivity contribution in [2.75, 3.05) is 13.7 Å². The molecule has 0 bridgehead atoms. The molecule has 0 fully saturated rings. The second-order valence-corrected chi connectivity index (χ2v) is 6.09. The highest BCUT2D eigenvalue weighted by Crippen LogP contribution is 2.27. The SMILES string of the molecule is COc1cc(C=NNC(=O)CCCOc2ccc(Cl)cc2Cl)ccc1O. The lowest BCUT2D eigenvalue weighted by Crippen LogP contribution is -2.18. The van der Waals surface area contributed by atoms with Gasteiger partial charge in [-0.3, -0.25) is 4.79 Å². The topological polar surface area (TPSA) is 80.2 Å². The second kappa shape index (κ2) is 9.89. The van der Waals surface area contributed by atoms with Crippen molar-refractivity contribution in [3.8, 4) is 17.2 Å². The zero-order chi connectivity index (χ0) is 18.9. The lowest BCUT2D eigenvalue weighted by atomic mass is 10.2. The van der Waals surface area contributed by atoms with Crippen molar-refractivity contribution < 1.29 is 19.4 Å². The number of halogens is 2. The van der Waals surface area contributed by atoms with E-state index in [2.05, 4.69) is 10.5 Å². The van der Waals surface area contributed by atoms with Gasteiger partial charge in [0.15, 0.2) is 11.5 Å². The minimum Gasteiger partial charge on any atom is -0.504 e. The molecular formula is C18H18Cl2N2O4. The summed E-state index contributed by atoms with van der Waals surface area (Å²) in [4.78, 5) is 11.7. The van der Waals surface area contributed by atoms with Gasteiger partial charge in [-0.25, -0.2) is 5.43 Å². The second-order valence-electron chi connectivity index (χ2n) is 5.25. The van der Waals surface area contributed by atoms with Gasteiger partial charge in [-0.2, -0.15) is 5.10 Å². The van der Waals surface area contributed by atoms with Crippen LogP contribution in [0.1, 0.15) is 18.4 Å². The number of ether oxygens (including phenoxy) is 2. The fraction of sp³-hybridized carbons (Fsp3) is 0.222. The van der Waals surface area contributed by atoms with Crippen LogP contribution in [0.15, 0.2) is 41.5 Å². The van der Waals surface area contributed by atoms with Crippen LogP contribution in [-0.4, -0.2) is 30.9 Å². The van der Waals surface area contributed by atoms with Crippen LogP contribution in [0.3, 0.4) is 0 Å². The molecule has 0 unspecified atom stereocenters. The standard InChI is InChI=1S/C18H18Cl2N2O4/c1-25-17-9-12(4-6-15(17)23)11-21-22-18(24)3-2-8-26-16-7-5-13(19)10-14(16)20/h4-7,9-11,23H,2-3,8H2,1H3,(H,22,24). The lowest BCUT2D eigenvalue weighted by molar-refractivity contribution is -0.121. The van der Waals surface area contributed by atoms with E-state index in [0.717, 1.165) is 0 Å². The summed E-state index contributed by atoms with van der Waals surface area (Å²) in [6, 6.07) is 9.70. The number of methoxy groups -OCH3 is 1. The maximum atomic E-state index is 11.7. The molecule has 8 heteroatoms. The van der Waals surface area contributed by atoms with E-state index >= 15 is 0 Å². The van der Waals surface area contributed by atoms with Crippen LogP contribution in [0.2, 0.25) is 10.0 Å². The van der Waals surface area contributed by atoms with E-state index in [1.54, 1.807) is 30.3 Å². The molecule has 138 valence electrons. The van der Waals surface area contributed by atoms with Gasteiger partial charge < -0.3 is 14.6 Å². The average Bonchev–Trinajstić information content (AvgIpc) is 2.61. The van der Waals surface area contributed by atoms with Gasteiger partial charge in [0.1, 0.15) is 5.75 Å². The molecule has 2 aromatic carbocycles. The Kier molecular flexibility index (Phi) is 7.56. The number of amides is 1. The van der Waals surface area contributed by atoms with Gasteiger partial charge >= 0.3 is 0 Å². The molecular weight excluding hydrogens is 379 g/mol. The number of phenols is 1. The van der Waals surface area contributed by atoms with E-state index < -0.39 is 0 Å². The molecule has 26 heavy (non-hydrogen) atoms.